The molecule has 0 radical (unpaired) electrons. The average Bonchev–Trinajstić information content (AvgIpc) is 3.08. The van der Waals surface area contributed by atoms with E-state index in [9.17, 15) is 0 Å². The average molecular weight is 285 g/mol. The van der Waals surface area contributed by atoms with Crippen molar-refractivity contribution in [3.63, 3.8) is 0 Å². The van der Waals surface area contributed by atoms with Gasteiger partial charge in [-0.2, -0.15) is 0 Å². The molecule has 1 saturated heterocycles. The molecular formula is C17H23N3O. The molecule has 0 unspecified atom stereocenters. The molecular weight excluding hydrogens is 262 g/mol. The van der Waals surface area contributed by atoms with Crippen LogP contribution in [0.2, 0.25) is 0 Å². The molecule has 4 nitrogen and oxygen atoms in total. The van der Waals surface area contributed by atoms with Crippen LogP contribution < -0.4 is 5.32 Å². The van der Waals surface area contributed by atoms with Crippen molar-refractivity contribution >= 4 is 0 Å². The summed E-state index contributed by atoms with van der Waals surface area (Å²) in [4.78, 5) is 2.39. The predicted octanol–water partition coefficient (Wildman–Crippen LogP) is 2.69. The maximum absolute atomic E-state index is 5.59. The van der Waals surface area contributed by atoms with E-state index in [2.05, 4.69) is 52.8 Å². The molecule has 0 saturated carbocycles. The van der Waals surface area contributed by atoms with Crippen molar-refractivity contribution in [2.24, 2.45) is 0 Å². The second-order valence-corrected chi connectivity index (χ2v) is 5.98. The summed E-state index contributed by atoms with van der Waals surface area (Å²) in [6, 6.07) is 12.6. The lowest BCUT2D eigenvalue weighted by molar-refractivity contribution is 0.127. The zero-order valence-electron chi connectivity index (χ0n) is 12.8. The number of benzene rings is 1. The molecule has 1 aromatic heterocycles. The quantitative estimate of drug-likeness (QED) is 0.917. The smallest absolute Gasteiger partial charge is 0.158 e. The first-order chi connectivity index (χ1) is 10.2. The molecule has 4 heteroatoms. The molecule has 112 valence electrons. The maximum Gasteiger partial charge on any atom is 0.158 e. The van der Waals surface area contributed by atoms with E-state index in [1.165, 1.54) is 12.0 Å². The highest BCUT2D eigenvalue weighted by molar-refractivity contribution is 5.19. The highest BCUT2D eigenvalue weighted by Crippen LogP contribution is 2.37. The molecule has 1 aromatic carbocycles. The lowest BCUT2D eigenvalue weighted by atomic mass is 9.92. The van der Waals surface area contributed by atoms with Crippen LogP contribution in [0, 0.1) is 6.92 Å². The summed E-state index contributed by atoms with van der Waals surface area (Å²) in [5, 5.41) is 7.67. The lowest BCUT2D eigenvalue weighted by Gasteiger charge is -2.34. The van der Waals surface area contributed by atoms with Gasteiger partial charge < -0.3 is 9.84 Å². The van der Waals surface area contributed by atoms with Crippen LogP contribution in [0.5, 0.6) is 0 Å². The van der Waals surface area contributed by atoms with Crippen molar-refractivity contribution in [3.05, 3.63) is 53.4 Å². The second-order valence-electron chi connectivity index (χ2n) is 5.98. The second kappa shape index (κ2) is 6.00. The molecule has 1 aliphatic rings. The number of likely N-dealkylation sites (tertiary alicyclic amines) is 1. The normalized spacial score (nSPS) is 22.8. The van der Waals surface area contributed by atoms with Gasteiger partial charge in [0, 0.05) is 19.2 Å². The molecule has 1 aliphatic heterocycles. The van der Waals surface area contributed by atoms with Crippen LogP contribution in [0.1, 0.15) is 29.9 Å². The summed E-state index contributed by atoms with van der Waals surface area (Å²) >= 11 is 0. The summed E-state index contributed by atoms with van der Waals surface area (Å²) in [5.41, 5.74) is 2.20. The van der Waals surface area contributed by atoms with Crippen LogP contribution in [-0.2, 0) is 12.1 Å². The standard InChI is InChI=1S/C17H23N3O/c1-14-11-16(21-19-14)17(9-6-10-20(17)2)13-18-12-15-7-4-3-5-8-15/h3-5,7-8,11,18H,6,9-10,12-13H2,1-2H3/t17-/m0/s1. The van der Waals surface area contributed by atoms with Crippen LogP contribution in [0.4, 0.5) is 0 Å². The van der Waals surface area contributed by atoms with Gasteiger partial charge in [0.1, 0.15) is 0 Å². The Labute approximate surface area is 126 Å². The molecule has 0 bridgehead atoms. The molecule has 0 amide bonds. The van der Waals surface area contributed by atoms with Gasteiger partial charge in [-0.1, -0.05) is 35.5 Å². The Morgan fingerprint density at radius 3 is 2.76 bits per heavy atom. The topological polar surface area (TPSA) is 41.3 Å². The third-order valence-electron chi connectivity index (χ3n) is 4.49. The van der Waals surface area contributed by atoms with E-state index < -0.39 is 0 Å². The van der Waals surface area contributed by atoms with E-state index in [-0.39, 0.29) is 5.54 Å². The number of hydrogen-bond acceptors (Lipinski definition) is 4. The Kier molecular flexibility index (Phi) is 4.08. The van der Waals surface area contributed by atoms with Crippen LogP contribution in [0.25, 0.3) is 0 Å². The summed E-state index contributed by atoms with van der Waals surface area (Å²) in [6.45, 7) is 4.84. The monoisotopic (exact) mass is 285 g/mol. The van der Waals surface area contributed by atoms with Gasteiger partial charge in [0.25, 0.3) is 0 Å². The van der Waals surface area contributed by atoms with Crippen LogP contribution in [0.3, 0.4) is 0 Å². The Balaban J connectivity index is 1.72. The van der Waals surface area contributed by atoms with E-state index in [1.807, 2.05) is 13.0 Å². The number of aromatic nitrogens is 1. The first kappa shape index (κ1) is 14.3. The van der Waals surface area contributed by atoms with E-state index >= 15 is 0 Å². The van der Waals surface area contributed by atoms with Gasteiger partial charge in [0.05, 0.1) is 11.2 Å². The van der Waals surface area contributed by atoms with Gasteiger partial charge in [-0.15, -0.1) is 0 Å². The zero-order chi connectivity index (χ0) is 14.7. The Hall–Kier alpha value is -1.65. The fraction of sp³-hybridized carbons (Fsp3) is 0.471. The molecule has 2 heterocycles. The van der Waals surface area contributed by atoms with Crippen LogP contribution >= 0.6 is 0 Å². The van der Waals surface area contributed by atoms with Gasteiger partial charge in [-0.3, -0.25) is 4.90 Å². The van der Waals surface area contributed by atoms with Gasteiger partial charge in [-0.05, 0) is 38.9 Å². The van der Waals surface area contributed by atoms with Crippen molar-refractivity contribution in [2.45, 2.75) is 31.8 Å². The highest BCUT2D eigenvalue weighted by atomic mass is 16.5. The molecule has 1 N–H and O–H groups in total. The molecule has 1 atom stereocenters. The zero-order valence-corrected chi connectivity index (χ0v) is 12.8. The lowest BCUT2D eigenvalue weighted by Crippen LogP contribution is -2.46. The predicted molar refractivity (Wildman–Crippen MR) is 82.9 cm³/mol. The third-order valence-corrected chi connectivity index (χ3v) is 4.49. The van der Waals surface area contributed by atoms with Gasteiger partial charge in [-0.25, -0.2) is 0 Å². The SMILES string of the molecule is Cc1cc([C@@]2(CNCc3ccccc3)CCCN2C)on1. The summed E-state index contributed by atoms with van der Waals surface area (Å²) in [7, 11) is 2.18. The molecule has 21 heavy (non-hydrogen) atoms. The molecule has 0 aliphatic carbocycles. The molecule has 0 spiro atoms. The van der Waals surface area contributed by atoms with Crippen molar-refractivity contribution in [3.8, 4) is 0 Å². The molecule has 2 aromatic rings. The van der Waals surface area contributed by atoms with E-state index in [4.69, 9.17) is 4.52 Å². The molecule has 3 rings (SSSR count). The Morgan fingerprint density at radius 1 is 1.33 bits per heavy atom. The van der Waals surface area contributed by atoms with E-state index in [1.54, 1.807) is 0 Å². The van der Waals surface area contributed by atoms with Crippen molar-refractivity contribution in [1.29, 1.82) is 0 Å². The van der Waals surface area contributed by atoms with Crippen molar-refractivity contribution in [2.75, 3.05) is 20.1 Å². The number of nitrogens with zero attached hydrogens (tertiary/aromatic N) is 2. The van der Waals surface area contributed by atoms with E-state index in [0.717, 1.165) is 37.5 Å². The number of nitrogens with one attached hydrogen (secondary N) is 1. The van der Waals surface area contributed by atoms with E-state index in [0.29, 0.717) is 0 Å². The fourth-order valence-electron chi connectivity index (χ4n) is 3.23. The maximum atomic E-state index is 5.59. The fourth-order valence-corrected chi connectivity index (χ4v) is 3.23. The number of hydrogen-bond donors (Lipinski definition) is 1. The number of aryl methyl sites for hydroxylation is 1. The van der Waals surface area contributed by atoms with Crippen LogP contribution in [0.15, 0.2) is 40.9 Å². The summed E-state index contributed by atoms with van der Waals surface area (Å²) in [6.07, 6.45) is 2.31. The minimum atomic E-state index is -0.0595. The highest BCUT2D eigenvalue weighted by Gasteiger charge is 2.43. The summed E-state index contributed by atoms with van der Waals surface area (Å²) < 4.78 is 5.59. The third kappa shape index (κ3) is 2.87. The summed E-state index contributed by atoms with van der Waals surface area (Å²) in [5.74, 6) is 0.987. The first-order valence-electron chi connectivity index (χ1n) is 7.60. The van der Waals surface area contributed by atoms with Gasteiger partial charge in [0.15, 0.2) is 5.76 Å². The number of rotatable bonds is 5. The van der Waals surface area contributed by atoms with Crippen LogP contribution in [-0.4, -0.2) is 30.2 Å². The minimum absolute atomic E-state index is 0.0595. The minimum Gasteiger partial charge on any atom is -0.359 e. The Morgan fingerprint density at radius 2 is 2.14 bits per heavy atom. The largest absolute Gasteiger partial charge is 0.359 e. The first-order valence-corrected chi connectivity index (χ1v) is 7.60. The van der Waals surface area contributed by atoms with Gasteiger partial charge in [0.2, 0.25) is 0 Å². The van der Waals surface area contributed by atoms with Crippen molar-refractivity contribution < 1.29 is 4.52 Å². The molecule has 1 fully saturated rings. The number of likely N-dealkylation sites (N-methyl/N-ethyl adjacent to an activating group) is 1. The Bertz CT molecular complexity index is 581. The van der Waals surface area contributed by atoms with Crippen molar-refractivity contribution in [1.82, 2.24) is 15.4 Å². The van der Waals surface area contributed by atoms with Gasteiger partial charge >= 0.3 is 0 Å².